The molecule has 11 nitrogen and oxygen atoms in total. The smallest absolute Gasteiger partial charge is 0.364 e. The molecule has 204 valence electrons. The molecule has 0 saturated heterocycles. The van der Waals surface area contributed by atoms with Gasteiger partial charge in [0.15, 0.2) is 0 Å². The topological polar surface area (TPSA) is 168 Å². The Balaban J connectivity index is 0.000000648. The summed E-state index contributed by atoms with van der Waals surface area (Å²) in [4.78, 5) is 9.47. The largest absolute Gasteiger partial charge is 0.394 e. The maximum atomic E-state index is 13.8. The molecule has 1 aliphatic heterocycles. The highest BCUT2D eigenvalue weighted by Gasteiger charge is 2.37. The average molecular weight is 588 g/mol. The van der Waals surface area contributed by atoms with Crippen LogP contribution in [-0.4, -0.2) is 52.8 Å². The fourth-order valence-corrected chi connectivity index (χ4v) is 7.13. The first-order valence-corrected chi connectivity index (χ1v) is 15.3. The van der Waals surface area contributed by atoms with Gasteiger partial charge >= 0.3 is 10.4 Å². The third-order valence-corrected chi connectivity index (χ3v) is 9.27. The quantitative estimate of drug-likeness (QED) is 0.286. The van der Waals surface area contributed by atoms with Gasteiger partial charge in [0, 0.05) is 31.0 Å². The number of hydrogen-bond acceptors (Lipinski definition) is 8. The maximum Gasteiger partial charge on any atom is 0.394 e. The van der Waals surface area contributed by atoms with Gasteiger partial charge in [-0.3, -0.25) is 9.11 Å². The lowest BCUT2D eigenvalue weighted by atomic mass is 10.1. The van der Waals surface area contributed by atoms with Gasteiger partial charge in [-0.1, -0.05) is 36.4 Å². The lowest BCUT2D eigenvalue weighted by Crippen LogP contribution is -2.45. The summed E-state index contributed by atoms with van der Waals surface area (Å²) in [5.74, 6) is 0. The van der Waals surface area contributed by atoms with E-state index in [-0.39, 0.29) is 12.6 Å². The van der Waals surface area contributed by atoms with Crippen LogP contribution in [0.4, 0.5) is 5.69 Å². The van der Waals surface area contributed by atoms with Crippen molar-refractivity contribution in [1.82, 2.24) is 14.3 Å². The van der Waals surface area contributed by atoms with Crippen LogP contribution in [0.3, 0.4) is 0 Å². The summed E-state index contributed by atoms with van der Waals surface area (Å²) in [7, 11) is -8.40. The maximum absolute atomic E-state index is 13.8. The van der Waals surface area contributed by atoms with Crippen LogP contribution in [-0.2, 0) is 39.9 Å². The van der Waals surface area contributed by atoms with Crippen LogP contribution in [0.2, 0.25) is 0 Å². The van der Waals surface area contributed by atoms with E-state index in [0.717, 1.165) is 22.5 Å². The second kappa shape index (κ2) is 12.1. The van der Waals surface area contributed by atoms with Crippen molar-refractivity contribution in [2.24, 2.45) is 0 Å². The lowest BCUT2D eigenvalue weighted by Gasteiger charge is -2.31. The number of benzene rings is 2. The van der Waals surface area contributed by atoms with Gasteiger partial charge in [0.05, 0.1) is 30.2 Å². The highest BCUT2D eigenvalue weighted by Crippen LogP contribution is 2.34. The minimum absolute atomic E-state index is 0.196. The lowest BCUT2D eigenvalue weighted by molar-refractivity contribution is 0.318. The molecule has 0 aliphatic carbocycles. The Morgan fingerprint density at radius 1 is 1.08 bits per heavy atom. The van der Waals surface area contributed by atoms with Crippen LogP contribution in [0.25, 0.3) is 0 Å². The summed E-state index contributed by atoms with van der Waals surface area (Å²) in [5.41, 5.74) is 4.26. The van der Waals surface area contributed by atoms with E-state index in [1.165, 1.54) is 11.3 Å². The van der Waals surface area contributed by atoms with Crippen LogP contribution < -0.4 is 4.90 Å². The number of anilines is 1. The first-order valence-electron chi connectivity index (χ1n) is 11.6. The third-order valence-electron chi connectivity index (χ3n) is 6.00. The number of sulfonamides is 1. The van der Waals surface area contributed by atoms with Crippen molar-refractivity contribution in [3.8, 4) is 6.07 Å². The number of thiophene rings is 1. The summed E-state index contributed by atoms with van der Waals surface area (Å²) < 4.78 is 61.2. The van der Waals surface area contributed by atoms with Crippen molar-refractivity contribution in [1.29, 1.82) is 5.26 Å². The molecule has 1 unspecified atom stereocenters. The van der Waals surface area contributed by atoms with E-state index in [4.69, 9.17) is 17.5 Å². The summed E-state index contributed by atoms with van der Waals surface area (Å²) in [6.07, 6.45) is 3.99. The van der Waals surface area contributed by atoms with Crippen LogP contribution >= 0.6 is 11.3 Å². The van der Waals surface area contributed by atoms with E-state index < -0.39 is 20.4 Å². The number of H-pyrrole nitrogens is 1. The average Bonchev–Trinajstić information content (AvgIpc) is 3.59. The summed E-state index contributed by atoms with van der Waals surface area (Å²) in [6, 6.07) is 20.8. The number of aromatic nitrogens is 2. The first-order chi connectivity index (χ1) is 18.5. The molecule has 0 amide bonds. The Morgan fingerprint density at radius 3 is 2.44 bits per heavy atom. The first kappa shape index (κ1) is 28.4. The summed E-state index contributed by atoms with van der Waals surface area (Å²) in [5, 5.41) is 11.3. The summed E-state index contributed by atoms with van der Waals surface area (Å²) in [6.45, 7) is 1.25. The molecule has 0 bridgehead atoms. The number of nitrogens with one attached hydrogen (secondary N) is 1. The molecule has 39 heavy (non-hydrogen) atoms. The SMILES string of the molecule is N#Cc1ccc2c(c1)CN(S(=O)(=O)c1cccs1)C(Cc1ccccc1)CN2Cc1cnc[nH]1.O=S(=O)(O)O. The minimum Gasteiger partial charge on any atom is -0.364 e. The second-order valence-corrected chi connectivity index (χ2v) is 12.6. The van der Waals surface area contributed by atoms with Gasteiger partial charge < -0.3 is 9.88 Å². The van der Waals surface area contributed by atoms with Crippen LogP contribution in [0, 0.1) is 11.3 Å². The standard InChI is InChI=1S/C25H23N5O2S2.H2O4S/c26-13-20-8-9-24-21(11-20)15-30(34(31,32)25-7-4-10-33-25)23(12-19-5-2-1-3-6-19)17-29(24)16-22-14-27-18-28-22;1-5(2,3)4/h1-11,14,18,23H,12,15-17H2,(H,27,28);(H2,1,2,3,4). The number of aromatic amines is 1. The zero-order valence-electron chi connectivity index (χ0n) is 20.5. The van der Waals surface area contributed by atoms with Crippen molar-refractivity contribution in [3.05, 3.63) is 101 Å². The van der Waals surface area contributed by atoms with Gasteiger partial charge in [-0.15, -0.1) is 11.3 Å². The molecule has 0 saturated carbocycles. The van der Waals surface area contributed by atoms with Crippen LogP contribution in [0.15, 0.2) is 82.8 Å². The van der Waals surface area contributed by atoms with E-state index in [9.17, 15) is 13.7 Å². The minimum atomic E-state index is -4.67. The van der Waals surface area contributed by atoms with Gasteiger partial charge in [0.25, 0.3) is 10.0 Å². The molecule has 14 heteroatoms. The predicted molar refractivity (Wildman–Crippen MR) is 146 cm³/mol. The molecule has 2 aromatic heterocycles. The number of rotatable bonds is 6. The highest BCUT2D eigenvalue weighted by molar-refractivity contribution is 7.91. The fraction of sp³-hybridized carbons (Fsp3) is 0.200. The molecule has 0 spiro atoms. The van der Waals surface area contributed by atoms with Crippen molar-refractivity contribution in [2.45, 2.75) is 29.8 Å². The monoisotopic (exact) mass is 587 g/mol. The molecule has 2 aromatic carbocycles. The van der Waals surface area contributed by atoms with Crippen molar-refractivity contribution in [3.63, 3.8) is 0 Å². The Labute approximate surface area is 230 Å². The number of nitrogens with zero attached hydrogens (tertiary/aromatic N) is 4. The Hall–Kier alpha value is -3.58. The molecule has 5 rings (SSSR count). The van der Waals surface area contributed by atoms with Gasteiger partial charge in [0.1, 0.15) is 4.21 Å². The number of fused-ring (bicyclic) bond motifs is 1. The van der Waals surface area contributed by atoms with Gasteiger partial charge in [-0.2, -0.15) is 18.0 Å². The van der Waals surface area contributed by atoms with E-state index >= 15 is 0 Å². The molecule has 0 fully saturated rings. The van der Waals surface area contributed by atoms with Crippen LogP contribution in [0.5, 0.6) is 0 Å². The van der Waals surface area contributed by atoms with E-state index in [2.05, 4.69) is 20.9 Å². The Bertz CT molecular complexity index is 1630. The molecular weight excluding hydrogens is 563 g/mol. The van der Waals surface area contributed by atoms with Crippen molar-refractivity contribution < 1.29 is 25.9 Å². The molecule has 1 aliphatic rings. The van der Waals surface area contributed by atoms with Gasteiger partial charge in [-0.25, -0.2) is 13.4 Å². The van der Waals surface area contributed by atoms with Gasteiger partial charge in [0.2, 0.25) is 0 Å². The second-order valence-electron chi connectivity index (χ2n) is 8.69. The molecule has 1 atom stereocenters. The molecule has 3 N–H and O–H groups in total. The zero-order chi connectivity index (χ0) is 28.0. The van der Waals surface area contributed by atoms with Crippen LogP contribution in [0.1, 0.15) is 22.4 Å². The van der Waals surface area contributed by atoms with Gasteiger partial charge in [-0.05, 0) is 47.2 Å². The highest BCUT2D eigenvalue weighted by atomic mass is 32.3. The van der Waals surface area contributed by atoms with E-state index in [1.54, 1.807) is 46.5 Å². The Morgan fingerprint density at radius 2 is 1.82 bits per heavy atom. The van der Waals surface area contributed by atoms with E-state index in [1.807, 2.05) is 36.4 Å². The third kappa shape index (κ3) is 7.51. The molecular formula is C25H25N5O6S3. The van der Waals surface area contributed by atoms with Crippen molar-refractivity contribution >= 4 is 37.4 Å². The number of hydrogen-bond donors (Lipinski definition) is 3. The number of imidazole rings is 1. The molecule has 3 heterocycles. The fourth-order valence-electron chi connectivity index (χ4n) is 4.42. The molecule has 0 radical (unpaired) electrons. The normalized spacial score (nSPS) is 15.9. The van der Waals surface area contributed by atoms with E-state index in [0.29, 0.717) is 29.3 Å². The predicted octanol–water partition coefficient (Wildman–Crippen LogP) is 3.51. The summed E-state index contributed by atoms with van der Waals surface area (Å²) >= 11 is 1.22. The number of nitriles is 1. The molecule has 4 aromatic rings. The Kier molecular flexibility index (Phi) is 8.80. The van der Waals surface area contributed by atoms with Crippen molar-refractivity contribution in [2.75, 3.05) is 11.4 Å². The zero-order valence-corrected chi connectivity index (χ0v) is 22.9.